The van der Waals surface area contributed by atoms with Crippen LogP contribution >= 0.6 is 0 Å². The van der Waals surface area contributed by atoms with E-state index in [1.165, 1.54) is 5.56 Å². The lowest BCUT2D eigenvalue weighted by atomic mass is 10.1. The Morgan fingerprint density at radius 2 is 1.86 bits per heavy atom. The van der Waals surface area contributed by atoms with Gasteiger partial charge >= 0.3 is 0 Å². The van der Waals surface area contributed by atoms with Crippen molar-refractivity contribution >= 4 is 5.91 Å². The van der Waals surface area contributed by atoms with Gasteiger partial charge < -0.3 is 20.1 Å². The van der Waals surface area contributed by atoms with E-state index in [0.29, 0.717) is 19.7 Å². The molecule has 2 aliphatic heterocycles. The van der Waals surface area contributed by atoms with Crippen molar-refractivity contribution in [3.63, 3.8) is 0 Å². The number of fused-ring (bicyclic) bond motifs is 1. The smallest absolute Gasteiger partial charge is 0.234 e. The number of benzene rings is 2. The number of ether oxygens (including phenoxy) is 2. The highest BCUT2D eigenvalue weighted by molar-refractivity contribution is 5.78. The summed E-state index contributed by atoms with van der Waals surface area (Å²) in [4.78, 5) is 14.7. The van der Waals surface area contributed by atoms with Crippen molar-refractivity contribution in [3.8, 4) is 11.5 Å². The molecule has 2 aromatic rings. The lowest BCUT2D eigenvalue weighted by Crippen LogP contribution is -2.52. The fourth-order valence-corrected chi connectivity index (χ4v) is 3.98. The maximum Gasteiger partial charge on any atom is 0.234 e. The molecule has 0 saturated carbocycles. The standard InChI is InChI=1S/C23H29N3O3/c27-23(14-24-13-18-7-2-1-3-8-18)25-19-9-6-12-26(15-19)16-20-17-28-21-10-4-5-11-22(21)29-20/h1-5,7-8,10-11,19-20,24H,6,9,12-17H2,(H,25,27)/t19-,20-/m0/s1. The molecule has 2 N–H and O–H groups in total. The van der Waals surface area contributed by atoms with E-state index in [-0.39, 0.29) is 18.1 Å². The number of nitrogens with one attached hydrogen (secondary N) is 2. The Hall–Kier alpha value is -2.57. The average Bonchev–Trinajstić information content (AvgIpc) is 2.75. The van der Waals surface area contributed by atoms with Gasteiger partial charge in [0, 0.05) is 25.7 Å². The largest absolute Gasteiger partial charge is 0.486 e. The zero-order chi connectivity index (χ0) is 19.9. The number of likely N-dealkylation sites (tertiary alicyclic amines) is 1. The Morgan fingerprint density at radius 1 is 1.07 bits per heavy atom. The molecular weight excluding hydrogens is 366 g/mol. The highest BCUT2D eigenvalue weighted by Crippen LogP contribution is 2.31. The van der Waals surface area contributed by atoms with Crippen LogP contribution in [0.15, 0.2) is 54.6 Å². The summed E-state index contributed by atoms with van der Waals surface area (Å²) >= 11 is 0. The summed E-state index contributed by atoms with van der Waals surface area (Å²) in [6, 6.07) is 18.1. The summed E-state index contributed by atoms with van der Waals surface area (Å²) in [5.74, 6) is 1.68. The highest BCUT2D eigenvalue weighted by atomic mass is 16.6. The van der Waals surface area contributed by atoms with E-state index in [1.54, 1.807) is 0 Å². The van der Waals surface area contributed by atoms with Gasteiger partial charge in [0.25, 0.3) is 0 Å². The van der Waals surface area contributed by atoms with Gasteiger partial charge in [-0.05, 0) is 37.1 Å². The minimum absolute atomic E-state index is 0.0203. The van der Waals surface area contributed by atoms with Crippen LogP contribution in [0.4, 0.5) is 0 Å². The molecule has 1 amide bonds. The highest BCUT2D eigenvalue weighted by Gasteiger charge is 2.27. The SMILES string of the molecule is O=C(CNCc1ccccc1)N[C@H]1CCCN(C[C@H]2COc3ccccc3O2)C1. The number of carbonyl (C=O) groups is 1. The first kappa shape index (κ1) is 19.7. The fourth-order valence-electron chi connectivity index (χ4n) is 3.98. The van der Waals surface area contributed by atoms with E-state index >= 15 is 0 Å². The van der Waals surface area contributed by atoms with E-state index in [1.807, 2.05) is 42.5 Å². The molecule has 0 aliphatic carbocycles. The van der Waals surface area contributed by atoms with Crippen LogP contribution in [-0.4, -0.2) is 55.7 Å². The van der Waals surface area contributed by atoms with Crippen molar-refractivity contribution in [2.75, 3.05) is 32.8 Å². The Bertz CT molecular complexity index is 799. The van der Waals surface area contributed by atoms with Gasteiger partial charge in [-0.2, -0.15) is 0 Å². The molecule has 2 atom stereocenters. The topological polar surface area (TPSA) is 62.8 Å². The first-order valence-corrected chi connectivity index (χ1v) is 10.4. The number of hydrogen-bond donors (Lipinski definition) is 2. The number of piperidine rings is 1. The molecule has 29 heavy (non-hydrogen) atoms. The molecule has 6 heteroatoms. The molecule has 0 bridgehead atoms. The zero-order valence-electron chi connectivity index (χ0n) is 16.7. The van der Waals surface area contributed by atoms with Crippen molar-refractivity contribution < 1.29 is 14.3 Å². The molecule has 2 aromatic carbocycles. The lowest BCUT2D eigenvalue weighted by molar-refractivity contribution is -0.121. The molecule has 1 saturated heterocycles. The maximum atomic E-state index is 12.3. The van der Waals surface area contributed by atoms with Gasteiger partial charge in [-0.3, -0.25) is 9.69 Å². The summed E-state index contributed by atoms with van der Waals surface area (Å²) in [6.07, 6.45) is 2.12. The summed E-state index contributed by atoms with van der Waals surface area (Å²) in [5.41, 5.74) is 1.18. The van der Waals surface area contributed by atoms with Crippen LogP contribution in [0.2, 0.25) is 0 Å². The van der Waals surface area contributed by atoms with Crippen molar-refractivity contribution in [2.24, 2.45) is 0 Å². The molecular formula is C23H29N3O3. The second-order valence-electron chi connectivity index (χ2n) is 7.75. The number of rotatable bonds is 7. The molecule has 2 heterocycles. The van der Waals surface area contributed by atoms with Crippen LogP contribution < -0.4 is 20.1 Å². The van der Waals surface area contributed by atoms with Crippen LogP contribution in [-0.2, 0) is 11.3 Å². The van der Waals surface area contributed by atoms with E-state index in [0.717, 1.165) is 44.0 Å². The second kappa shape index (κ2) is 9.76. The molecule has 2 aliphatic rings. The van der Waals surface area contributed by atoms with Crippen molar-refractivity contribution in [1.29, 1.82) is 0 Å². The molecule has 154 valence electrons. The Kier molecular flexibility index (Phi) is 6.64. The van der Waals surface area contributed by atoms with E-state index in [4.69, 9.17) is 9.47 Å². The van der Waals surface area contributed by atoms with Crippen molar-refractivity contribution in [3.05, 3.63) is 60.2 Å². The minimum atomic E-state index is 0.0203. The van der Waals surface area contributed by atoms with Gasteiger partial charge in [-0.1, -0.05) is 42.5 Å². The molecule has 0 spiro atoms. The third kappa shape index (κ3) is 5.71. The first-order valence-electron chi connectivity index (χ1n) is 10.4. The lowest BCUT2D eigenvalue weighted by Gasteiger charge is -2.36. The Balaban J connectivity index is 1.19. The third-order valence-corrected chi connectivity index (χ3v) is 5.36. The summed E-state index contributed by atoms with van der Waals surface area (Å²) < 4.78 is 11.9. The maximum absolute atomic E-state index is 12.3. The van der Waals surface area contributed by atoms with Crippen molar-refractivity contribution in [1.82, 2.24) is 15.5 Å². The van der Waals surface area contributed by atoms with Gasteiger partial charge in [-0.25, -0.2) is 0 Å². The van der Waals surface area contributed by atoms with Gasteiger partial charge in [0.15, 0.2) is 11.5 Å². The minimum Gasteiger partial charge on any atom is -0.486 e. The number of para-hydroxylation sites is 2. The van der Waals surface area contributed by atoms with Crippen LogP contribution in [0.3, 0.4) is 0 Å². The number of hydrogen-bond acceptors (Lipinski definition) is 5. The predicted molar refractivity (Wildman–Crippen MR) is 112 cm³/mol. The van der Waals surface area contributed by atoms with Crippen LogP contribution in [0.5, 0.6) is 11.5 Å². The van der Waals surface area contributed by atoms with Crippen LogP contribution in [0.25, 0.3) is 0 Å². The Morgan fingerprint density at radius 3 is 2.72 bits per heavy atom. The molecule has 0 unspecified atom stereocenters. The second-order valence-corrected chi connectivity index (χ2v) is 7.75. The summed E-state index contributed by atoms with van der Waals surface area (Å²) in [7, 11) is 0. The summed E-state index contributed by atoms with van der Waals surface area (Å²) in [6.45, 7) is 4.29. The van der Waals surface area contributed by atoms with Crippen molar-refractivity contribution in [2.45, 2.75) is 31.5 Å². The third-order valence-electron chi connectivity index (χ3n) is 5.36. The molecule has 0 radical (unpaired) electrons. The first-order chi connectivity index (χ1) is 14.3. The van der Waals surface area contributed by atoms with Gasteiger partial charge in [0.05, 0.1) is 6.54 Å². The Labute approximate surface area is 172 Å². The van der Waals surface area contributed by atoms with Crippen LogP contribution in [0, 0.1) is 0 Å². The molecule has 6 nitrogen and oxygen atoms in total. The van der Waals surface area contributed by atoms with Gasteiger partial charge in [0.2, 0.25) is 5.91 Å². The quantitative estimate of drug-likeness (QED) is 0.753. The number of nitrogens with zero attached hydrogens (tertiary/aromatic N) is 1. The zero-order valence-corrected chi connectivity index (χ0v) is 16.7. The monoisotopic (exact) mass is 395 g/mol. The fraction of sp³-hybridized carbons (Fsp3) is 0.435. The normalized spacial score (nSPS) is 21.5. The van der Waals surface area contributed by atoms with E-state index in [2.05, 4.69) is 27.7 Å². The predicted octanol–water partition coefficient (Wildman–Crippen LogP) is 2.20. The van der Waals surface area contributed by atoms with Crippen LogP contribution in [0.1, 0.15) is 18.4 Å². The molecule has 1 fully saturated rings. The van der Waals surface area contributed by atoms with Gasteiger partial charge in [0.1, 0.15) is 12.7 Å². The van der Waals surface area contributed by atoms with E-state index < -0.39 is 0 Å². The number of amides is 1. The number of carbonyl (C=O) groups excluding carboxylic acids is 1. The summed E-state index contributed by atoms with van der Waals surface area (Å²) in [5, 5.41) is 6.39. The van der Waals surface area contributed by atoms with E-state index in [9.17, 15) is 4.79 Å². The molecule has 4 rings (SSSR count). The molecule has 0 aromatic heterocycles. The van der Waals surface area contributed by atoms with Gasteiger partial charge in [-0.15, -0.1) is 0 Å². The average molecular weight is 396 g/mol.